The molecule has 1 amide bonds. The minimum Gasteiger partial charge on any atom is -0.352 e. The molecule has 114 valence electrons. The fourth-order valence-corrected chi connectivity index (χ4v) is 3.42. The van der Waals surface area contributed by atoms with Gasteiger partial charge in [-0.25, -0.2) is 8.78 Å². The van der Waals surface area contributed by atoms with Crippen LogP contribution in [0.3, 0.4) is 0 Å². The van der Waals surface area contributed by atoms with Gasteiger partial charge >= 0.3 is 0 Å². The first-order chi connectivity index (χ1) is 10.0. The normalized spacial score (nSPS) is 26.9. The Kier molecular flexibility index (Phi) is 3.91. The number of hydrogen-bond donors (Lipinski definition) is 1. The second-order valence-electron chi connectivity index (χ2n) is 6.14. The summed E-state index contributed by atoms with van der Waals surface area (Å²) in [7, 11) is 0. The number of halogens is 3. The number of alkyl halides is 2. The molecule has 2 nitrogen and oxygen atoms in total. The Morgan fingerprint density at radius 3 is 2.43 bits per heavy atom. The molecular weight excluding hydrogens is 296 g/mol. The van der Waals surface area contributed by atoms with Crippen LogP contribution in [0.4, 0.5) is 8.78 Å². The molecule has 2 atom stereocenters. The van der Waals surface area contributed by atoms with Crippen LogP contribution in [0.25, 0.3) is 0 Å². The van der Waals surface area contributed by atoms with Crippen LogP contribution in [-0.4, -0.2) is 18.4 Å². The van der Waals surface area contributed by atoms with Gasteiger partial charge in [-0.3, -0.25) is 4.79 Å². The number of carbonyl (C=O) groups excluding carboxylic acids is 1. The topological polar surface area (TPSA) is 29.1 Å². The van der Waals surface area contributed by atoms with Gasteiger partial charge in [0.2, 0.25) is 5.91 Å². The van der Waals surface area contributed by atoms with Crippen LogP contribution in [0.5, 0.6) is 0 Å². The summed E-state index contributed by atoms with van der Waals surface area (Å²) in [6.45, 7) is 0. The Labute approximate surface area is 127 Å². The number of carbonyl (C=O) groups is 1. The van der Waals surface area contributed by atoms with Crippen molar-refractivity contribution >= 4 is 17.5 Å². The first kappa shape index (κ1) is 14.8. The molecule has 2 fully saturated rings. The summed E-state index contributed by atoms with van der Waals surface area (Å²) >= 11 is 5.84. The molecule has 0 radical (unpaired) electrons. The summed E-state index contributed by atoms with van der Waals surface area (Å²) in [6.07, 6.45) is 0.260. The number of rotatable bonds is 4. The van der Waals surface area contributed by atoms with Gasteiger partial charge in [-0.15, -0.1) is 0 Å². The molecule has 1 aromatic rings. The van der Waals surface area contributed by atoms with E-state index in [0.29, 0.717) is 30.7 Å². The molecule has 0 bridgehead atoms. The molecule has 0 spiro atoms. The van der Waals surface area contributed by atoms with E-state index >= 15 is 0 Å². The van der Waals surface area contributed by atoms with Gasteiger partial charge in [0.25, 0.3) is 6.43 Å². The van der Waals surface area contributed by atoms with Gasteiger partial charge in [0, 0.05) is 17.0 Å². The van der Waals surface area contributed by atoms with Gasteiger partial charge in [0.15, 0.2) is 0 Å². The van der Waals surface area contributed by atoms with E-state index in [-0.39, 0.29) is 12.0 Å². The Hall–Kier alpha value is -1.16. The van der Waals surface area contributed by atoms with Gasteiger partial charge in [-0.2, -0.15) is 0 Å². The van der Waals surface area contributed by atoms with Crippen molar-refractivity contribution in [2.45, 2.75) is 50.5 Å². The molecule has 1 N–H and O–H groups in total. The van der Waals surface area contributed by atoms with E-state index < -0.39 is 17.7 Å². The molecule has 0 aromatic heterocycles. The standard InChI is InChI=1S/C16H18ClF2NO/c17-11-5-3-10(4-6-11)12-9-13(12)20-15(21)16(14(18)19)7-1-2-8-16/h3-6,12-14H,1-2,7-9H2,(H,20,21)/t12-,13+/m0/s1. The summed E-state index contributed by atoms with van der Waals surface area (Å²) in [6, 6.07) is 7.46. The predicted molar refractivity (Wildman–Crippen MR) is 77.6 cm³/mol. The number of nitrogens with one attached hydrogen (secondary N) is 1. The van der Waals surface area contributed by atoms with Gasteiger partial charge in [0.1, 0.15) is 5.41 Å². The van der Waals surface area contributed by atoms with Crippen molar-refractivity contribution in [2.75, 3.05) is 0 Å². The van der Waals surface area contributed by atoms with E-state index in [1.54, 1.807) is 0 Å². The van der Waals surface area contributed by atoms with Crippen molar-refractivity contribution < 1.29 is 13.6 Å². The second kappa shape index (κ2) is 5.56. The minimum absolute atomic E-state index is 0.0186. The smallest absolute Gasteiger partial charge is 0.252 e. The second-order valence-corrected chi connectivity index (χ2v) is 6.57. The zero-order valence-electron chi connectivity index (χ0n) is 11.6. The van der Waals surface area contributed by atoms with Gasteiger partial charge in [-0.05, 0) is 37.0 Å². The lowest BCUT2D eigenvalue weighted by molar-refractivity contribution is -0.140. The highest BCUT2D eigenvalue weighted by atomic mass is 35.5. The number of benzene rings is 1. The predicted octanol–water partition coefficient (Wildman–Crippen LogP) is 4.14. The van der Waals surface area contributed by atoms with Crippen molar-refractivity contribution in [2.24, 2.45) is 5.41 Å². The highest BCUT2D eigenvalue weighted by Crippen LogP contribution is 2.46. The lowest BCUT2D eigenvalue weighted by Gasteiger charge is -2.26. The SMILES string of the molecule is O=C(N[C@@H]1C[C@H]1c1ccc(Cl)cc1)C1(C(F)F)CCCC1. The molecule has 0 saturated heterocycles. The Balaban J connectivity index is 1.63. The van der Waals surface area contributed by atoms with Crippen molar-refractivity contribution in [3.05, 3.63) is 34.9 Å². The average Bonchev–Trinajstić information content (AvgIpc) is 3.03. The monoisotopic (exact) mass is 313 g/mol. The van der Waals surface area contributed by atoms with Crippen molar-refractivity contribution in [1.29, 1.82) is 0 Å². The molecule has 0 aliphatic heterocycles. The van der Waals surface area contributed by atoms with E-state index in [4.69, 9.17) is 11.6 Å². The first-order valence-corrected chi connectivity index (χ1v) is 7.75. The first-order valence-electron chi connectivity index (χ1n) is 7.37. The Morgan fingerprint density at radius 1 is 1.24 bits per heavy atom. The van der Waals surface area contributed by atoms with Crippen LogP contribution >= 0.6 is 11.6 Å². The number of hydrogen-bond acceptors (Lipinski definition) is 1. The highest BCUT2D eigenvalue weighted by molar-refractivity contribution is 6.30. The van der Waals surface area contributed by atoms with E-state index in [2.05, 4.69) is 5.32 Å². The van der Waals surface area contributed by atoms with E-state index in [1.165, 1.54) is 0 Å². The Bertz CT molecular complexity index is 526. The molecule has 0 unspecified atom stereocenters. The van der Waals surface area contributed by atoms with Crippen LogP contribution in [-0.2, 0) is 4.79 Å². The zero-order chi connectivity index (χ0) is 15.0. The van der Waals surface area contributed by atoms with Crippen LogP contribution < -0.4 is 5.32 Å². The summed E-state index contributed by atoms with van der Waals surface area (Å²) < 4.78 is 26.6. The molecule has 5 heteroatoms. The molecule has 0 heterocycles. The third kappa shape index (κ3) is 2.78. The maximum Gasteiger partial charge on any atom is 0.252 e. The maximum atomic E-state index is 13.3. The van der Waals surface area contributed by atoms with Crippen LogP contribution in [0.1, 0.15) is 43.6 Å². The highest BCUT2D eigenvalue weighted by Gasteiger charge is 2.51. The van der Waals surface area contributed by atoms with Crippen LogP contribution in [0.2, 0.25) is 5.02 Å². The third-order valence-electron chi connectivity index (χ3n) is 4.77. The van der Waals surface area contributed by atoms with Gasteiger partial charge in [-0.1, -0.05) is 36.6 Å². The fraction of sp³-hybridized carbons (Fsp3) is 0.562. The van der Waals surface area contributed by atoms with Crippen LogP contribution in [0.15, 0.2) is 24.3 Å². The summed E-state index contributed by atoms with van der Waals surface area (Å²) in [4.78, 5) is 12.3. The summed E-state index contributed by atoms with van der Waals surface area (Å²) in [5.74, 6) is -0.237. The molecule has 3 rings (SSSR count). The maximum absolute atomic E-state index is 13.3. The number of amides is 1. The van der Waals surface area contributed by atoms with Gasteiger partial charge in [0.05, 0.1) is 0 Å². The van der Waals surface area contributed by atoms with Crippen molar-refractivity contribution in [3.8, 4) is 0 Å². The lowest BCUT2D eigenvalue weighted by atomic mass is 9.85. The molecule has 2 saturated carbocycles. The molecule has 2 aliphatic rings. The van der Waals surface area contributed by atoms with Gasteiger partial charge < -0.3 is 5.32 Å². The lowest BCUT2D eigenvalue weighted by Crippen LogP contribution is -2.45. The summed E-state index contributed by atoms with van der Waals surface area (Å²) in [5, 5.41) is 3.50. The van der Waals surface area contributed by atoms with Crippen molar-refractivity contribution in [1.82, 2.24) is 5.32 Å². The fourth-order valence-electron chi connectivity index (χ4n) is 3.30. The quantitative estimate of drug-likeness (QED) is 0.889. The average molecular weight is 314 g/mol. The zero-order valence-corrected chi connectivity index (χ0v) is 12.4. The molecule has 2 aliphatic carbocycles. The minimum atomic E-state index is -2.58. The van der Waals surface area contributed by atoms with E-state index in [0.717, 1.165) is 12.0 Å². The summed E-state index contributed by atoms with van der Waals surface area (Å²) in [5.41, 5.74) is -0.352. The van der Waals surface area contributed by atoms with Crippen LogP contribution in [0, 0.1) is 5.41 Å². The Morgan fingerprint density at radius 2 is 1.86 bits per heavy atom. The molecular formula is C16H18ClF2NO. The molecule has 21 heavy (non-hydrogen) atoms. The van der Waals surface area contributed by atoms with E-state index in [9.17, 15) is 13.6 Å². The largest absolute Gasteiger partial charge is 0.352 e. The van der Waals surface area contributed by atoms with E-state index in [1.807, 2.05) is 24.3 Å². The van der Waals surface area contributed by atoms with Crippen molar-refractivity contribution in [3.63, 3.8) is 0 Å². The third-order valence-corrected chi connectivity index (χ3v) is 5.02. The molecule has 1 aromatic carbocycles.